The fourth-order valence-electron chi connectivity index (χ4n) is 3.50. The number of nitrogens with one attached hydrogen (secondary N) is 4. The van der Waals surface area contributed by atoms with Crippen molar-refractivity contribution in [3.8, 4) is 0 Å². The number of carboxylic acid groups (broad SMARTS) is 2. The number of aromatic nitrogens is 1. The quantitative estimate of drug-likeness (QED) is 0.135. The number of fused-ring (bicyclic) bond motifs is 1. The van der Waals surface area contributed by atoms with Crippen LogP contribution in [0.2, 0.25) is 0 Å². The van der Waals surface area contributed by atoms with Gasteiger partial charge in [-0.25, -0.2) is 4.79 Å². The molecule has 2 aromatic rings. The fourth-order valence-corrected chi connectivity index (χ4v) is 3.99. The number of aliphatic hydroxyl groups excluding tert-OH is 1. The average Bonchev–Trinajstić information content (AvgIpc) is 3.26. The van der Waals surface area contributed by atoms with Gasteiger partial charge in [-0.1, -0.05) is 18.2 Å². The highest BCUT2D eigenvalue weighted by Gasteiger charge is 2.31. The molecule has 0 bridgehead atoms. The Bertz CT molecular complexity index is 1120. The summed E-state index contributed by atoms with van der Waals surface area (Å²) >= 11 is 1.47. The molecular weight excluding hydrogens is 506 g/mol. The van der Waals surface area contributed by atoms with Crippen molar-refractivity contribution in [2.45, 2.75) is 43.4 Å². The minimum atomic E-state index is -1.63. The van der Waals surface area contributed by atoms with E-state index in [2.05, 4.69) is 20.9 Å². The topological polar surface area (TPSA) is 224 Å². The SMILES string of the molecule is CSCCC(N)C(=O)NC(CC(=O)O)C(=O)NC(Cc1c[nH]c2ccccc12)C(=O)NC(CO)C(=O)O. The molecular formula is C23H31N5O8S. The van der Waals surface area contributed by atoms with Crippen LogP contribution in [0, 0.1) is 0 Å². The first-order valence-electron chi connectivity index (χ1n) is 11.3. The van der Waals surface area contributed by atoms with E-state index in [-0.39, 0.29) is 6.42 Å². The number of aliphatic hydroxyl groups is 1. The van der Waals surface area contributed by atoms with E-state index in [0.717, 1.165) is 10.9 Å². The first-order valence-corrected chi connectivity index (χ1v) is 12.7. The second-order valence-electron chi connectivity index (χ2n) is 8.25. The summed E-state index contributed by atoms with van der Waals surface area (Å²) in [6.45, 7) is -0.888. The molecule has 0 aliphatic heterocycles. The lowest BCUT2D eigenvalue weighted by Gasteiger charge is -2.24. The summed E-state index contributed by atoms with van der Waals surface area (Å²) in [6, 6.07) is 1.66. The van der Waals surface area contributed by atoms with Crippen LogP contribution >= 0.6 is 11.8 Å². The average molecular weight is 538 g/mol. The van der Waals surface area contributed by atoms with Crippen molar-refractivity contribution in [2.24, 2.45) is 5.73 Å². The van der Waals surface area contributed by atoms with Gasteiger partial charge in [0.25, 0.3) is 0 Å². The number of H-pyrrole nitrogens is 1. The molecule has 14 heteroatoms. The third-order valence-corrected chi connectivity index (χ3v) is 6.15. The van der Waals surface area contributed by atoms with Crippen molar-refractivity contribution in [2.75, 3.05) is 18.6 Å². The molecule has 37 heavy (non-hydrogen) atoms. The maximum Gasteiger partial charge on any atom is 0.328 e. The van der Waals surface area contributed by atoms with Gasteiger partial charge in [-0.15, -0.1) is 0 Å². The van der Waals surface area contributed by atoms with Crippen LogP contribution in [0.5, 0.6) is 0 Å². The molecule has 0 saturated heterocycles. The number of hydrogen-bond donors (Lipinski definition) is 8. The molecule has 9 N–H and O–H groups in total. The highest BCUT2D eigenvalue weighted by molar-refractivity contribution is 7.98. The van der Waals surface area contributed by atoms with Gasteiger partial charge in [-0.05, 0) is 30.1 Å². The molecule has 1 aromatic heterocycles. The Labute approximate surface area is 216 Å². The molecule has 4 unspecified atom stereocenters. The summed E-state index contributed by atoms with van der Waals surface area (Å²) in [5.41, 5.74) is 7.20. The number of amides is 3. The zero-order valence-electron chi connectivity index (χ0n) is 20.1. The number of carboxylic acids is 2. The van der Waals surface area contributed by atoms with Gasteiger partial charge in [0.2, 0.25) is 17.7 Å². The molecule has 2 rings (SSSR count). The second kappa shape index (κ2) is 14.2. The second-order valence-corrected chi connectivity index (χ2v) is 9.24. The number of nitrogens with two attached hydrogens (primary N) is 1. The summed E-state index contributed by atoms with van der Waals surface area (Å²) in [5, 5.41) is 35.4. The van der Waals surface area contributed by atoms with E-state index in [9.17, 15) is 39.3 Å². The van der Waals surface area contributed by atoms with Crippen molar-refractivity contribution in [3.63, 3.8) is 0 Å². The maximum atomic E-state index is 13.1. The molecule has 0 aliphatic carbocycles. The summed E-state index contributed by atoms with van der Waals surface area (Å²) < 4.78 is 0. The number of carbonyl (C=O) groups is 5. The van der Waals surface area contributed by atoms with Gasteiger partial charge in [-0.3, -0.25) is 19.2 Å². The predicted molar refractivity (Wildman–Crippen MR) is 136 cm³/mol. The summed E-state index contributed by atoms with van der Waals surface area (Å²) in [5.74, 6) is -4.89. The first-order chi connectivity index (χ1) is 17.6. The molecule has 0 radical (unpaired) electrons. The molecule has 4 atom stereocenters. The lowest BCUT2D eigenvalue weighted by Crippen LogP contribution is -2.58. The Morgan fingerprint density at radius 2 is 1.59 bits per heavy atom. The van der Waals surface area contributed by atoms with Crippen molar-refractivity contribution >= 4 is 52.3 Å². The fraction of sp³-hybridized carbons (Fsp3) is 0.435. The van der Waals surface area contributed by atoms with Crippen LogP contribution in [0.25, 0.3) is 10.9 Å². The molecule has 1 heterocycles. The lowest BCUT2D eigenvalue weighted by molar-refractivity contribution is -0.144. The van der Waals surface area contributed by atoms with Gasteiger partial charge in [0.15, 0.2) is 0 Å². The minimum Gasteiger partial charge on any atom is -0.481 e. The van der Waals surface area contributed by atoms with E-state index in [0.29, 0.717) is 17.7 Å². The van der Waals surface area contributed by atoms with Crippen LogP contribution in [-0.4, -0.2) is 92.7 Å². The van der Waals surface area contributed by atoms with E-state index in [4.69, 9.17) is 5.73 Å². The van der Waals surface area contributed by atoms with Gasteiger partial charge >= 0.3 is 11.9 Å². The number of rotatable bonds is 15. The molecule has 0 saturated carbocycles. The van der Waals surface area contributed by atoms with Gasteiger partial charge < -0.3 is 42.0 Å². The van der Waals surface area contributed by atoms with Gasteiger partial charge in [0.05, 0.1) is 19.1 Å². The van der Waals surface area contributed by atoms with Gasteiger partial charge in [0.1, 0.15) is 18.1 Å². The maximum absolute atomic E-state index is 13.1. The number of carbonyl (C=O) groups excluding carboxylic acids is 3. The highest BCUT2D eigenvalue weighted by atomic mass is 32.2. The Hall–Kier alpha value is -3.62. The molecule has 0 aliphatic rings. The first kappa shape index (κ1) is 29.6. The van der Waals surface area contributed by atoms with E-state index in [1.807, 2.05) is 6.26 Å². The summed E-state index contributed by atoms with van der Waals surface area (Å²) in [7, 11) is 0. The number of benzene rings is 1. The van der Waals surface area contributed by atoms with Crippen LogP contribution in [0.1, 0.15) is 18.4 Å². The van der Waals surface area contributed by atoms with Crippen molar-refractivity contribution in [1.29, 1.82) is 0 Å². The summed E-state index contributed by atoms with van der Waals surface area (Å²) in [4.78, 5) is 64.2. The Morgan fingerprint density at radius 1 is 0.973 bits per heavy atom. The van der Waals surface area contributed by atoms with Crippen LogP contribution in [-0.2, 0) is 30.4 Å². The smallest absolute Gasteiger partial charge is 0.328 e. The van der Waals surface area contributed by atoms with Crippen LogP contribution in [0.15, 0.2) is 30.5 Å². The third kappa shape index (κ3) is 8.77. The van der Waals surface area contributed by atoms with Crippen LogP contribution < -0.4 is 21.7 Å². The standard InChI is InChI=1S/C23H31N5O8S/c1-37-7-6-14(24)20(32)26-17(9-19(30)31)22(34)27-16(21(33)28-18(11-29)23(35)36)8-12-10-25-15-5-3-2-4-13(12)15/h2-5,10,14,16-18,25,29H,6-9,11,24H2,1H3,(H,26,32)(H,27,34)(H,28,33)(H,30,31)(H,35,36). The predicted octanol–water partition coefficient (Wildman–Crippen LogP) is -1.20. The van der Waals surface area contributed by atoms with Gasteiger partial charge in [-0.2, -0.15) is 11.8 Å². The Morgan fingerprint density at radius 3 is 2.22 bits per heavy atom. The summed E-state index contributed by atoms with van der Waals surface area (Å²) in [6.07, 6.45) is 2.88. The molecule has 13 nitrogen and oxygen atoms in total. The monoisotopic (exact) mass is 537 g/mol. The lowest BCUT2D eigenvalue weighted by atomic mass is 10.0. The number of hydrogen-bond acceptors (Lipinski definition) is 8. The Balaban J connectivity index is 2.28. The minimum absolute atomic E-state index is 0.0969. The van der Waals surface area contributed by atoms with Crippen molar-refractivity contribution in [1.82, 2.24) is 20.9 Å². The largest absolute Gasteiger partial charge is 0.481 e. The third-order valence-electron chi connectivity index (χ3n) is 5.51. The number of thioether (sulfide) groups is 1. The normalized spacial score (nSPS) is 14.2. The zero-order chi connectivity index (χ0) is 27.5. The Kier molecular flexibility index (Phi) is 11.4. The highest BCUT2D eigenvalue weighted by Crippen LogP contribution is 2.19. The number of para-hydroxylation sites is 1. The van der Waals surface area contributed by atoms with E-state index >= 15 is 0 Å². The van der Waals surface area contributed by atoms with Crippen molar-refractivity contribution < 1.29 is 39.3 Å². The van der Waals surface area contributed by atoms with Gasteiger partial charge in [0, 0.05) is 23.5 Å². The van der Waals surface area contributed by atoms with Crippen molar-refractivity contribution in [3.05, 3.63) is 36.0 Å². The van der Waals surface area contributed by atoms with E-state index in [1.165, 1.54) is 11.8 Å². The number of aliphatic carboxylic acids is 2. The molecule has 0 fully saturated rings. The van der Waals surface area contributed by atoms with Crippen LogP contribution in [0.4, 0.5) is 0 Å². The molecule has 1 aromatic carbocycles. The molecule has 202 valence electrons. The molecule has 3 amide bonds. The van der Waals surface area contributed by atoms with E-state index < -0.39 is 66.9 Å². The number of aromatic amines is 1. The van der Waals surface area contributed by atoms with E-state index in [1.54, 1.807) is 30.5 Å². The molecule has 0 spiro atoms. The zero-order valence-corrected chi connectivity index (χ0v) is 20.9. The van der Waals surface area contributed by atoms with Crippen LogP contribution in [0.3, 0.4) is 0 Å².